The van der Waals surface area contributed by atoms with E-state index in [4.69, 9.17) is 27.1 Å². The van der Waals surface area contributed by atoms with Crippen molar-refractivity contribution in [3.8, 4) is 0 Å². The maximum Gasteiger partial charge on any atom is 1.00 e. The maximum atomic E-state index is 11.2. The normalized spacial score (nSPS) is 14.9. The first-order valence-electron chi connectivity index (χ1n) is 22.0. The Balaban J connectivity index is -0.000000153. The van der Waals surface area contributed by atoms with Crippen molar-refractivity contribution in [2.75, 3.05) is 27.6 Å². The zero-order chi connectivity index (χ0) is 60.0. The van der Waals surface area contributed by atoms with Crippen molar-refractivity contribution >= 4 is 103 Å². The Morgan fingerprint density at radius 3 is 1.09 bits per heavy atom. The number of hydroxylamine groups is 6. The predicted molar refractivity (Wildman–Crippen MR) is 251 cm³/mol. The molecule has 2 atom stereocenters. The molecule has 0 spiro atoms. The molecule has 3 saturated heterocycles. The fourth-order valence-corrected chi connectivity index (χ4v) is 4.40. The van der Waals surface area contributed by atoms with E-state index in [0.29, 0.717) is 10.1 Å². The van der Waals surface area contributed by atoms with Crippen molar-refractivity contribution in [3.05, 3.63) is 0 Å². The van der Waals surface area contributed by atoms with E-state index in [1.807, 2.05) is 27.7 Å². The van der Waals surface area contributed by atoms with E-state index < -0.39 is 107 Å². The first-order valence-corrected chi connectivity index (χ1v) is 22.4. The molecule has 4 rings (SSSR count). The molecule has 1 saturated carbocycles. The van der Waals surface area contributed by atoms with Crippen LogP contribution >= 0.6 is 12.5 Å². The van der Waals surface area contributed by atoms with E-state index in [1.54, 1.807) is 47.8 Å². The molecule has 0 aromatic carbocycles. The quantitative estimate of drug-likeness (QED) is 0.0196. The van der Waals surface area contributed by atoms with Crippen molar-refractivity contribution < 1.29 is 161 Å². The van der Waals surface area contributed by atoms with Crippen LogP contribution in [0.4, 0.5) is 19.2 Å². The number of thiol groups is 1. The third kappa shape index (κ3) is 34.9. The number of ketones is 2. The molecule has 4 fully saturated rings. The molecule has 7 amide bonds. The Morgan fingerprint density at radius 1 is 0.632 bits per heavy atom. The number of nitrogens with zero attached hydrogens (tertiary/aromatic N) is 3. The number of hydrogen-bond donors (Lipinski definition) is 5. The summed E-state index contributed by atoms with van der Waals surface area (Å²) in [5, 5.41) is 29.0. The monoisotopic (exact) mass is 1130 g/mol. The number of carboxylic acid groups (broad SMARTS) is 2. The van der Waals surface area contributed by atoms with Gasteiger partial charge in [-0.05, 0) is 17.1 Å². The molecule has 34 heteroatoms. The van der Waals surface area contributed by atoms with E-state index >= 15 is 0 Å². The minimum absolute atomic E-state index is 0. The molecule has 7 N–H and O–H groups in total. The van der Waals surface area contributed by atoms with E-state index in [9.17, 15) is 67.1 Å². The van der Waals surface area contributed by atoms with Crippen LogP contribution in [0, 0.1) is 10.8 Å². The molecule has 0 bridgehead atoms. The zero-order valence-electron chi connectivity index (χ0n) is 46.0. The number of nitrogens with two attached hydrogens (primary N) is 1. The predicted octanol–water partition coefficient (Wildman–Crippen LogP) is -2.33. The molecule has 0 aromatic heterocycles. The summed E-state index contributed by atoms with van der Waals surface area (Å²) < 4.78 is 23.1. The molecule has 0 unspecified atom stereocenters. The van der Waals surface area contributed by atoms with Gasteiger partial charge in [-0.3, -0.25) is 62.5 Å². The summed E-state index contributed by atoms with van der Waals surface area (Å²) in [6.45, 7) is 18.4. The Morgan fingerprint density at radius 2 is 0.908 bits per heavy atom. The standard InChI is InChI=1S/C10H9NO7.C8H15NO4.2C6H7NO5.C6H13NO2.2C2H6.CH2O3.CH4S.Na.H2O/c12-5-1-2-6(13)9(5)17-10(16)18-11-7(14)3-4-8(11)15;1-8(2,3)5(6(10)11)9-7(12)13-4;2*1-11-6(10)12-7-4(8)2-3-5(7)9;1-6(2,3)4(7)5(8)9;2*1-2;2-1-4-3;1-2;;/h9H,1-4H2;5H,1-4H3,(H,9,12)(H,10,11);2*2-3H2,1H3;4H,7H2,1-3H3,(H,8,9);2*1-2H3;1,3H;2H,1H3;;1H2/q;;;;;;;;;+1;/p-1/t;5-;;;4-;;;;;;/m.0..0....../s1/i/hD. The van der Waals surface area contributed by atoms with Gasteiger partial charge in [0.15, 0.2) is 11.6 Å². The van der Waals surface area contributed by atoms with E-state index in [2.05, 4.69) is 43.7 Å². The molecule has 76 heavy (non-hydrogen) atoms. The Labute approximate surface area is 466 Å². The number of amides is 7. The minimum Gasteiger partial charge on any atom is -0.662 e. The summed E-state index contributed by atoms with van der Waals surface area (Å²) in [6.07, 6.45) is -3.81. The van der Waals surface area contributed by atoms with Gasteiger partial charge in [0, 0.05) is 51.4 Å². The molecule has 32 nitrogen and oxygen atoms in total. The van der Waals surface area contributed by atoms with Crippen LogP contribution in [0.5, 0.6) is 0 Å². The van der Waals surface area contributed by atoms with Crippen molar-refractivity contribution in [2.24, 2.45) is 16.6 Å². The molecular formula is C42H70N5NaO27S. The molecule has 432 valence electrons. The van der Waals surface area contributed by atoms with Crippen molar-refractivity contribution in [1.29, 1.82) is 1.12 Å². The third-order valence-corrected chi connectivity index (χ3v) is 8.06. The number of alkyl carbamates (subject to hydrolysis) is 1. The molecule has 3 aliphatic heterocycles. The molecule has 4 aliphatic rings. The second-order valence-electron chi connectivity index (χ2n) is 15.3. The second-order valence-corrected chi connectivity index (χ2v) is 15.3. The van der Waals surface area contributed by atoms with Crippen LogP contribution in [0.15, 0.2) is 0 Å². The fraction of sp³-hybridized carbons (Fsp3) is 0.643. The maximum absolute atomic E-state index is 11.2. The molecule has 1 aliphatic carbocycles. The van der Waals surface area contributed by atoms with E-state index in [0.717, 1.165) is 26.8 Å². The first kappa shape index (κ1) is 80.9. The van der Waals surface area contributed by atoms with Gasteiger partial charge in [-0.25, -0.2) is 24.0 Å². The van der Waals surface area contributed by atoms with Crippen molar-refractivity contribution in [2.45, 2.75) is 139 Å². The molecule has 0 radical (unpaired) electrons. The number of imide groups is 3. The van der Waals surface area contributed by atoms with Gasteiger partial charge >= 0.3 is 66.1 Å². The Hall–Kier alpha value is -6.52. The van der Waals surface area contributed by atoms with Gasteiger partial charge in [-0.1, -0.05) is 84.4 Å². The zero-order valence-corrected chi connectivity index (χ0v) is 47.8. The summed E-state index contributed by atoms with van der Waals surface area (Å²) in [4.78, 5) is 176. The second kappa shape index (κ2) is 44.7. The number of aliphatic carboxylic acids is 2. The van der Waals surface area contributed by atoms with Crippen LogP contribution in [0.2, 0.25) is 0 Å². The molecular weight excluding hydrogens is 1060 g/mol. The van der Waals surface area contributed by atoms with Crippen LogP contribution in [0.3, 0.4) is 0 Å². The number of ether oxygens (including phenoxy) is 4. The Bertz CT molecular complexity index is 1800. The van der Waals surface area contributed by atoms with Gasteiger partial charge in [0.2, 0.25) is 6.10 Å². The number of nitrogens with one attached hydrogen (secondary N) is 1. The van der Waals surface area contributed by atoms with Gasteiger partial charge in [0.25, 0.3) is 41.9 Å². The van der Waals surface area contributed by atoms with Gasteiger partial charge in [-0.2, -0.15) is 12.5 Å². The van der Waals surface area contributed by atoms with Crippen molar-refractivity contribution in [3.63, 3.8) is 0 Å². The SMILES string of the molecule is CC.CC.CC(C)(C)[C@@H](N)C(=O)O.COC(=O)N[C@@H](C(=O)O)C(C)(C)C.COC(=O)ON1C(=O)CCC1=O.COC(=O)ON1C(=O)CCC1=O.O.O=C(OC1C(=O)CCC1=O)ON1C(=O)CCC1=O.O=CO[O-].[2H]SC.[Na+]. The summed E-state index contributed by atoms with van der Waals surface area (Å²) in [5.74, 6) is -6.47. The topological polar surface area (TPSA) is 473 Å². The number of hydrogen-bond acceptors (Lipinski definition) is 26. The summed E-state index contributed by atoms with van der Waals surface area (Å²) in [5.41, 5.74) is 4.41. The summed E-state index contributed by atoms with van der Waals surface area (Å²) in [7, 11) is 3.37. The number of Topliss-reactive ketones (excluding diaryl/α,β-unsaturated/α-hetero) is 2. The fourth-order valence-electron chi connectivity index (χ4n) is 4.40. The van der Waals surface area contributed by atoms with Gasteiger partial charge in [-0.15, -0.1) is 0 Å². The van der Waals surface area contributed by atoms with Crippen molar-refractivity contribution in [1.82, 2.24) is 20.5 Å². The number of carbonyl (C=O) groups excluding carboxylic acids is 13. The average Bonchev–Trinajstić information content (AvgIpc) is 4.07. The number of carboxylic acids is 2. The number of rotatable bonds is 8. The number of methoxy groups -OCH3 is 3. The Kier molecular flexibility index (Phi) is 47.6. The van der Waals surface area contributed by atoms with Crippen LogP contribution in [0.1, 0.15) is 121 Å². The van der Waals surface area contributed by atoms with Gasteiger partial charge in [0.05, 0.1) is 21.3 Å². The third-order valence-electron chi connectivity index (χ3n) is 8.06. The van der Waals surface area contributed by atoms with Crippen LogP contribution < -0.4 is 45.9 Å². The van der Waals surface area contributed by atoms with Crippen LogP contribution in [-0.4, -0.2) is 168 Å². The van der Waals surface area contributed by atoms with Crippen LogP contribution in [-0.2, 0) is 91.1 Å². The number of carbonyl (C=O) groups is 15. The van der Waals surface area contributed by atoms with Gasteiger partial charge in [0.1, 0.15) is 13.2 Å². The smallest absolute Gasteiger partial charge is 0.662 e. The molecule has 3 heterocycles. The largest absolute Gasteiger partial charge is 1.00 e. The van der Waals surface area contributed by atoms with Gasteiger partial charge < -0.3 is 55.8 Å². The first-order chi connectivity index (χ1) is 34.7. The summed E-state index contributed by atoms with van der Waals surface area (Å²) >= 11 is 1.000. The van der Waals surface area contributed by atoms with Crippen LogP contribution in [0.25, 0.3) is 0 Å². The molecule has 0 aromatic rings. The van der Waals surface area contributed by atoms with E-state index in [1.165, 1.54) is 7.11 Å². The average molecular weight is 1130 g/mol. The summed E-state index contributed by atoms with van der Waals surface area (Å²) in [6, 6.07) is -1.71. The minimum atomic E-state index is -1.48. The van der Waals surface area contributed by atoms with E-state index in [-0.39, 0.29) is 103 Å².